The maximum Gasteiger partial charge on any atom is 0.250 e. The number of nitrogen functional groups attached to an aromatic ring is 1. The molecule has 1 aromatic rings. The zero-order valence-electron chi connectivity index (χ0n) is 9.61. The number of carbonyl (C=O) groups is 1. The summed E-state index contributed by atoms with van der Waals surface area (Å²) in [5, 5.41) is 3.33. The molecule has 1 heterocycles. The van der Waals surface area contributed by atoms with Gasteiger partial charge in [0.15, 0.2) is 0 Å². The summed E-state index contributed by atoms with van der Waals surface area (Å²) >= 11 is 0. The molecule has 0 radical (unpaired) electrons. The molecule has 0 bridgehead atoms. The van der Waals surface area contributed by atoms with Gasteiger partial charge < -0.3 is 21.5 Å². The van der Waals surface area contributed by atoms with Crippen molar-refractivity contribution < 1.29 is 9.53 Å². The predicted molar refractivity (Wildman–Crippen MR) is 66.8 cm³/mol. The van der Waals surface area contributed by atoms with Crippen molar-refractivity contribution in [2.45, 2.75) is 18.9 Å². The first kappa shape index (κ1) is 11.7. The van der Waals surface area contributed by atoms with Gasteiger partial charge in [0.2, 0.25) is 0 Å². The molecule has 1 saturated heterocycles. The van der Waals surface area contributed by atoms with Crippen LogP contribution in [-0.4, -0.2) is 25.2 Å². The molecule has 1 amide bonds. The highest BCUT2D eigenvalue weighted by atomic mass is 16.5. The fourth-order valence-corrected chi connectivity index (χ4v) is 1.97. The van der Waals surface area contributed by atoms with E-state index in [1.807, 2.05) is 6.07 Å². The van der Waals surface area contributed by atoms with Crippen LogP contribution >= 0.6 is 0 Å². The van der Waals surface area contributed by atoms with Crippen LogP contribution in [0.25, 0.3) is 0 Å². The average Bonchev–Trinajstić information content (AvgIpc) is 2.33. The van der Waals surface area contributed by atoms with Gasteiger partial charge in [0.25, 0.3) is 5.91 Å². The standard InChI is InChI=1S/C12H17N3O2/c13-11-9(12(14)16)2-1-3-10(11)15-8-4-6-17-7-5-8/h1-3,8,15H,4-7,13H2,(H2,14,16). The van der Waals surface area contributed by atoms with Crippen LogP contribution in [-0.2, 0) is 4.74 Å². The van der Waals surface area contributed by atoms with Crippen LogP contribution in [0.15, 0.2) is 18.2 Å². The Kier molecular flexibility index (Phi) is 3.49. The second kappa shape index (κ2) is 5.05. The third kappa shape index (κ3) is 2.68. The number of hydrogen-bond donors (Lipinski definition) is 3. The van der Waals surface area contributed by atoms with Gasteiger partial charge in [-0.05, 0) is 25.0 Å². The van der Waals surface area contributed by atoms with Gasteiger partial charge in [-0.25, -0.2) is 0 Å². The minimum absolute atomic E-state index is 0.342. The fourth-order valence-electron chi connectivity index (χ4n) is 1.97. The highest BCUT2D eigenvalue weighted by Crippen LogP contribution is 2.24. The summed E-state index contributed by atoms with van der Waals surface area (Å²) in [7, 11) is 0. The summed E-state index contributed by atoms with van der Waals surface area (Å²) in [5.41, 5.74) is 12.7. The van der Waals surface area contributed by atoms with E-state index in [4.69, 9.17) is 16.2 Å². The third-order valence-electron chi connectivity index (χ3n) is 2.95. The van der Waals surface area contributed by atoms with E-state index in [0.717, 1.165) is 31.7 Å². The van der Waals surface area contributed by atoms with Crippen molar-refractivity contribution in [1.29, 1.82) is 0 Å². The molecule has 0 aromatic heterocycles. The Balaban J connectivity index is 2.15. The topological polar surface area (TPSA) is 90.4 Å². The number of anilines is 2. The van der Waals surface area contributed by atoms with Crippen molar-refractivity contribution in [2.24, 2.45) is 5.73 Å². The number of nitrogens with one attached hydrogen (secondary N) is 1. The molecule has 0 unspecified atom stereocenters. The van der Waals surface area contributed by atoms with Gasteiger partial charge in [-0.3, -0.25) is 4.79 Å². The highest BCUT2D eigenvalue weighted by Gasteiger charge is 2.16. The van der Waals surface area contributed by atoms with Crippen molar-refractivity contribution in [3.63, 3.8) is 0 Å². The quantitative estimate of drug-likeness (QED) is 0.680. The highest BCUT2D eigenvalue weighted by molar-refractivity contribution is 6.00. The smallest absolute Gasteiger partial charge is 0.250 e. The van der Waals surface area contributed by atoms with E-state index in [2.05, 4.69) is 5.32 Å². The Morgan fingerprint density at radius 2 is 2.06 bits per heavy atom. The van der Waals surface area contributed by atoms with Crippen molar-refractivity contribution in [3.05, 3.63) is 23.8 Å². The lowest BCUT2D eigenvalue weighted by atomic mass is 10.1. The lowest BCUT2D eigenvalue weighted by Gasteiger charge is -2.25. The van der Waals surface area contributed by atoms with Crippen LogP contribution in [0.1, 0.15) is 23.2 Å². The third-order valence-corrected chi connectivity index (χ3v) is 2.95. The number of primary amides is 1. The number of carbonyl (C=O) groups excluding carboxylic acids is 1. The van der Waals surface area contributed by atoms with Crippen LogP contribution in [0.5, 0.6) is 0 Å². The average molecular weight is 235 g/mol. The van der Waals surface area contributed by atoms with Crippen LogP contribution in [0.2, 0.25) is 0 Å². The van der Waals surface area contributed by atoms with E-state index in [1.165, 1.54) is 0 Å². The van der Waals surface area contributed by atoms with Crippen LogP contribution in [0, 0.1) is 0 Å². The molecule has 5 heteroatoms. The monoisotopic (exact) mass is 235 g/mol. The van der Waals surface area contributed by atoms with Crippen molar-refractivity contribution >= 4 is 17.3 Å². The number of benzene rings is 1. The molecule has 92 valence electrons. The first-order chi connectivity index (χ1) is 8.18. The minimum atomic E-state index is -0.502. The van der Waals surface area contributed by atoms with Gasteiger partial charge >= 0.3 is 0 Å². The molecule has 2 rings (SSSR count). The zero-order chi connectivity index (χ0) is 12.3. The van der Waals surface area contributed by atoms with E-state index in [9.17, 15) is 4.79 Å². The maximum absolute atomic E-state index is 11.2. The number of para-hydroxylation sites is 1. The predicted octanol–water partition coefficient (Wildman–Crippen LogP) is 0.959. The zero-order valence-corrected chi connectivity index (χ0v) is 9.61. The van der Waals surface area contributed by atoms with Gasteiger partial charge in [-0.2, -0.15) is 0 Å². The summed E-state index contributed by atoms with van der Waals surface area (Å²) in [5.74, 6) is -0.502. The molecule has 0 atom stereocenters. The molecule has 1 aliphatic rings. The van der Waals surface area contributed by atoms with Crippen molar-refractivity contribution in [1.82, 2.24) is 0 Å². The number of nitrogens with two attached hydrogens (primary N) is 2. The van der Waals surface area contributed by atoms with Gasteiger partial charge in [0.1, 0.15) is 0 Å². The fraction of sp³-hybridized carbons (Fsp3) is 0.417. The molecule has 1 aromatic carbocycles. The molecular weight excluding hydrogens is 218 g/mol. The Labute approximate surface area is 100 Å². The van der Waals surface area contributed by atoms with Gasteiger partial charge in [-0.1, -0.05) is 6.07 Å². The van der Waals surface area contributed by atoms with Crippen molar-refractivity contribution in [3.8, 4) is 0 Å². The van der Waals surface area contributed by atoms with Crippen molar-refractivity contribution in [2.75, 3.05) is 24.3 Å². The normalized spacial score (nSPS) is 16.7. The van der Waals surface area contributed by atoms with Gasteiger partial charge in [0.05, 0.1) is 16.9 Å². The summed E-state index contributed by atoms with van der Waals surface area (Å²) in [6.45, 7) is 1.51. The Morgan fingerprint density at radius 1 is 1.35 bits per heavy atom. The Bertz CT molecular complexity index is 414. The molecule has 0 spiro atoms. The summed E-state index contributed by atoms with van der Waals surface area (Å²) in [6, 6.07) is 5.61. The summed E-state index contributed by atoms with van der Waals surface area (Å²) < 4.78 is 5.28. The maximum atomic E-state index is 11.2. The molecule has 0 aliphatic carbocycles. The van der Waals surface area contributed by atoms with E-state index in [-0.39, 0.29) is 0 Å². The molecule has 1 aliphatic heterocycles. The lowest BCUT2D eigenvalue weighted by Crippen LogP contribution is -2.28. The number of hydrogen-bond acceptors (Lipinski definition) is 4. The molecular formula is C12H17N3O2. The van der Waals surface area contributed by atoms with Crippen LogP contribution in [0.4, 0.5) is 11.4 Å². The summed E-state index contributed by atoms with van der Waals surface area (Å²) in [4.78, 5) is 11.2. The number of rotatable bonds is 3. The van der Waals surface area contributed by atoms with E-state index in [1.54, 1.807) is 12.1 Å². The van der Waals surface area contributed by atoms with E-state index >= 15 is 0 Å². The van der Waals surface area contributed by atoms with E-state index in [0.29, 0.717) is 17.3 Å². The summed E-state index contributed by atoms with van der Waals surface area (Å²) in [6.07, 6.45) is 1.89. The lowest BCUT2D eigenvalue weighted by molar-refractivity contribution is 0.0904. The molecule has 0 saturated carbocycles. The molecule has 5 nitrogen and oxygen atoms in total. The minimum Gasteiger partial charge on any atom is -0.396 e. The first-order valence-corrected chi connectivity index (χ1v) is 5.71. The first-order valence-electron chi connectivity index (χ1n) is 5.71. The number of ether oxygens (including phenoxy) is 1. The SMILES string of the molecule is NC(=O)c1cccc(NC2CCOCC2)c1N. The van der Waals surface area contributed by atoms with Crippen LogP contribution in [0.3, 0.4) is 0 Å². The second-order valence-electron chi connectivity index (χ2n) is 4.16. The largest absolute Gasteiger partial charge is 0.396 e. The Hall–Kier alpha value is -1.75. The second-order valence-corrected chi connectivity index (χ2v) is 4.16. The van der Waals surface area contributed by atoms with Crippen LogP contribution < -0.4 is 16.8 Å². The Morgan fingerprint density at radius 3 is 2.71 bits per heavy atom. The van der Waals surface area contributed by atoms with E-state index < -0.39 is 5.91 Å². The number of amides is 1. The van der Waals surface area contributed by atoms with Gasteiger partial charge in [-0.15, -0.1) is 0 Å². The molecule has 1 fully saturated rings. The molecule has 5 N–H and O–H groups in total. The van der Waals surface area contributed by atoms with Gasteiger partial charge in [0, 0.05) is 19.3 Å². The molecule has 17 heavy (non-hydrogen) atoms.